The quantitative estimate of drug-likeness (QED) is 0.939. The zero-order valence-corrected chi connectivity index (χ0v) is 11.4. The molecule has 18 heavy (non-hydrogen) atoms. The van der Waals surface area contributed by atoms with E-state index in [4.69, 9.17) is 23.2 Å². The standard InChI is InChI=1S/C12H13Cl2N3O/c1-2-3-17-11(7-15-16-17)12(18)8-4-9(13)6-10(14)5-8/h4-7,12,18H,2-3H2,1H3. The fourth-order valence-corrected chi connectivity index (χ4v) is 2.31. The van der Waals surface area contributed by atoms with Crippen molar-refractivity contribution in [2.45, 2.75) is 26.0 Å². The molecule has 96 valence electrons. The summed E-state index contributed by atoms with van der Waals surface area (Å²) >= 11 is 11.8. The summed E-state index contributed by atoms with van der Waals surface area (Å²) in [5, 5.41) is 19.1. The Bertz CT molecular complexity index is 522. The van der Waals surface area contributed by atoms with Gasteiger partial charge in [0.2, 0.25) is 0 Å². The van der Waals surface area contributed by atoms with Crippen LogP contribution >= 0.6 is 23.2 Å². The minimum absolute atomic E-state index is 0.492. The van der Waals surface area contributed by atoms with Gasteiger partial charge in [-0.25, -0.2) is 4.68 Å². The lowest BCUT2D eigenvalue weighted by molar-refractivity contribution is 0.207. The van der Waals surface area contributed by atoms with E-state index in [1.165, 1.54) is 0 Å². The monoisotopic (exact) mass is 285 g/mol. The van der Waals surface area contributed by atoms with Crippen LogP contribution < -0.4 is 0 Å². The highest BCUT2D eigenvalue weighted by molar-refractivity contribution is 6.34. The molecule has 0 bridgehead atoms. The maximum Gasteiger partial charge on any atom is 0.122 e. The van der Waals surface area contributed by atoms with E-state index in [1.54, 1.807) is 29.1 Å². The minimum atomic E-state index is -0.831. The van der Waals surface area contributed by atoms with Crippen molar-refractivity contribution in [1.29, 1.82) is 0 Å². The van der Waals surface area contributed by atoms with Gasteiger partial charge in [-0.05, 0) is 30.2 Å². The van der Waals surface area contributed by atoms with Crippen LogP contribution in [0.4, 0.5) is 0 Å². The molecule has 0 radical (unpaired) electrons. The number of aryl methyl sites for hydroxylation is 1. The van der Waals surface area contributed by atoms with E-state index in [0.717, 1.165) is 6.42 Å². The Kier molecular flexibility index (Phi) is 4.22. The highest BCUT2D eigenvalue weighted by atomic mass is 35.5. The van der Waals surface area contributed by atoms with Crippen molar-refractivity contribution >= 4 is 23.2 Å². The Labute approximate surface area is 115 Å². The molecule has 4 nitrogen and oxygen atoms in total. The number of hydrogen-bond acceptors (Lipinski definition) is 3. The number of halogens is 2. The molecule has 2 aromatic rings. The summed E-state index contributed by atoms with van der Waals surface area (Å²) < 4.78 is 1.68. The van der Waals surface area contributed by atoms with E-state index in [-0.39, 0.29) is 0 Å². The molecule has 0 spiro atoms. The van der Waals surface area contributed by atoms with E-state index in [1.807, 2.05) is 6.92 Å². The molecule has 0 aliphatic heterocycles. The zero-order valence-electron chi connectivity index (χ0n) is 9.85. The molecule has 6 heteroatoms. The van der Waals surface area contributed by atoms with Gasteiger partial charge >= 0.3 is 0 Å². The van der Waals surface area contributed by atoms with Crippen LogP contribution in [0.15, 0.2) is 24.4 Å². The molecule has 0 aliphatic rings. The van der Waals surface area contributed by atoms with Gasteiger partial charge in [-0.2, -0.15) is 0 Å². The maximum absolute atomic E-state index is 10.3. The van der Waals surface area contributed by atoms with E-state index < -0.39 is 6.10 Å². The molecule has 1 aromatic heterocycles. The Hall–Kier alpha value is -1.10. The number of hydrogen-bond donors (Lipinski definition) is 1. The first-order valence-corrected chi connectivity index (χ1v) is 6.40. The van der Waals surface area contributed by atoms with Crippen LogP contribution in [0.5, 0.6) is 0 Å². The fourth-order valence-electron chi connectivity index (χ4n) is 1.77. The van der Waals surface area contributed by atoms with Crippen molar-refractivity contribution in [2.75, 3.05) is 0 Å². The Morgan fingerprint density at radius 3 is 2.56 bits per heavy atom. The van der Waals surface area contributed by atoms with Crippen molar-refractivity contribution in [3.8, 4) is 0 Å². The third kappa shape index (κ3) is 2.83. The average Bonchev–Trinajstić information content (AvgIpc) is 2.75. The molecule has 1 atom stereocenters. The number of nitrogens with zero attached hydrogens (tertiary/aromatic N) is 3. The van der Waals surface area contributed by atoms with Gasteiger partial charge in [0, 0.05) is 16.6 Å². The molecule has 2 rings (SSSR count). The molecule has 1 unspecified atom stereocenters. The first-order chi connectivity index (χ1) is 8.61. The SMILES string of the molecule is CCCn1nncc1C(O)c1cc(Cl)cc(Cl)c1. The number of aliphatic hydroxyl groups is 1. The maximum atomic E-state index is 10.3. The van der Waals surface area contributed by atoms with Gasteiger partial charge in [0.25, 0.3) is 0 Å². The van der Waals surface area contributed by atoms with Crippen LogP contribution in [0.2, 0.25) is 10.0 Å². The van der Waals surface area contributed by atoms with Crippen molar-refractivity contribution < 1.29 is 5.11 Å². The Morgan fingerprint density at radius 1 is 1.28 bits per heavy atom. The van der Waals surface area contributed by atoms with Gasteiger partial charge in [-0.1, -0.05) is 35.3 Å². The predicted octanol–water partition coefficient (Wildman–Crippen LogP) is 3.08. The van der Waals surface area contributed by atoms with Gasteiger partial charge in [0.1, 0.15) is 6.10 Å². The second kappa shape index (κ2) is 5.69. The van der Waals surface area contributed by atoms with Crippen LogP contribution in [0, 0.1) is 0 Å². The van der Waals surface area contributed by atoms with Gasteiger partial charge in [-0.3, -0.25) is 0 Å². The van der Waals surface area contributed by atoms with Crippen LogP contribution in [0.3, 0.4) is 0 Å². The molecule has 0 amide bonds. The van der Waals surface area contributed by atoms with Gasteiger partial charge in [-0.15, -0.1) is 5.10 Å². The molecule has 1 aromatic carbocycles. The predicted molar refractivity (Wildman–Crippen MR) is 70.8 cm³/mol. The van der Waals surface area contributed by atoms with Crippen LogP contribution in [0.1, 0.15) is 30.7 Å². The van der Waals surface area contributed by atoms with Crippen molar-refractivity contribution in [3.63, 3.8) is 0 Å². The lowest BCUT2D eigenvalue weighted by atomic mass is 10.1. The summed E-state index contributed by atoms with van der Waals surface area (Å²) in [6.07, 6.45) is 1.64. The smallest absolute Gasteiger partial charge is 0.122 e. The Balaban J connectivity index is 2.34. The zero-order chi connectivity index (χ0) is 13.1. The van der Waals surface area contributed by atoms with Gasteiger partial charge in [0.15, 0.2) is 0 Å². The number of benzene rings is 1. The van der Waals surface area contributed by atoms with Gasteiger partial charge < -0.3 is 5.11 Å². The van der Waals surface area contributed by atoms with Crippen molar-refractivity contribution in [2.24, 2.45) is 0 Å². The van der Waals surface area contributed by atoms with Crippen LogP contribution in [-0.4, -0.2) is 20.1 Å². The van der Waals surface area contributed by atoms with E-state index in [2.05, 4.69) is 10.3 Å². The molecule has 0 saturated heterocycles. The first-order valence-electron chi connectivity index (χ1n) is 5.64. The topological polar surface area (TPSA) is 50.9 Å². The fraction of sp³-hybridized carbons (Fsp3) is 0.333. The lowest BCUT2D eigenvalue weighted by Gasteiger charge is -2.13. The third-order valence-electron chi connectivity index (χ3n) is 2.56. The van der Waals surface area contributed by atoms with E-state index in [0.29, 0.717) is 27.8 Å². The second-order valence-corrected chi connectivity index (χ2v) is 4.86. The number of aliphatic hydroxyl groups excluding tert-OH is 1. The van der Waals surface area contributed by atoms with E-state index >= 15 is 0 Å². The highest BCUT2D eigenvalue weighted by Crippen LogP contribution is 2.27. The second-order valence-electron chi connectivity index (χ2n) is 3.99. The normalized spacial score (nSPS) is 12.7. The highest BCUT2D eigenvalue weighted by Gasteiger charge is 2.17. The lowest BCUT2D eigenvalue weighted by Crippen LogP contribution is -2.10. The molecular weight excluding hydrogens is 273 g/mol. The van der Waals surface area contributed by atoms with E-state index in [9.17, 15) is 5.11 Å². The summed E-state index contributed by atoms with van der Waals surface area (Å²) in [6, 6.07) is 4.99. The number of rotatable bonds is 4. The molecule has 0 saturated carbocycles. The molecule has 0 fully saturated rings. The van der Waals surface area contributed by atoms with Gasteiger partial charge in [0.05, 0.1) is 11.9 Å². The van der Waals surface area contributed by atoms with Crippen molar-refractivity contribution in [3.05, 3.63) is 45.7 Å². The summed E-state index contributed by atoms with van der Waals surface area (Å²) in [5.41, 5.74) is 1.27. The summed E-state index contributed by atoms with van der Waals surface area (Å²) in [5.74, 6) is 0. The molecular formula is C12H13Cl2N3O. The third-order valence-corrected chi connectivity index (χ3v) is 3.00. The molecule has 1 N–H and O–H groups in total. The molecule has 1 heterocycles. The largest absolute Gasteiger partial charge is 0.382 e. The minimum Gasteiger partial charge on any atom is -0.382 e. The summed E-state index contributed by atoms with van der Waals surface area (Å²) in [6.45, 7) is 2.74. The summed E-state index contributed by atoms with van der Waals surface area (Å²) in [4.78, 5) is 0. The Morgan fingerprint density at radius 2 is 1.94 bits per heavy atom. The van der Waals surface area contributed by atoms with Crippen LogP contribution in [0.25, 0.3) is 0 Å². The first kappa shape index (κ1) is 13.3. The number of aromatic nitrogens is 3. The average molecular weight is 286 g/mol. The summed E-state index contributed by atoms with van der Waals surface area (Å²) in [7, 11) is 0. The van der Waals surface area contributed by atoms with Crippen molar-refractivity contribution in [1.82, 2.24) is 15.0 Å². The molecule has 0 aliphatic carbocycles. The van der Waals surface area contributed by atoms with Crippen LogP contribution in [-0.2, 0) is 6.54 Å².